The molecular formula is C17H19NO. The van der Waals surface area contributed by atoms with E-state index < -0.39 is 6.10 Å². The first-order chi connectivity index (χ1) is 9.33. The summed E-state index contributed by atoms with van der Waals surface area (Å²) in [6, 6.07) is 18.9. The van der Waals surface area contributed by atoms with E-state index in [1.807, 2.05) is 30.3 Å². The van der Waals surface area contributed by atoms with Crippen LogP contribution >= 0.6 is 0 Å². The van der Waals surface area contributed by atoms with Gasteiger partial charge in [0.2, 0.25) is 0 Å². The summed E-state index contributed by atoms with van der Waals surface area (Å²) in [4.78, 5) is 0. The topological polar surface area (TPSA) is 32.3 Å². The molecule has 1 aliphatic rings. The van der Waals surface area contributed by atoms with E-state index in [1.165, 1.54) is 11.1 Å². The Kier molecular flexibility index (Phi) is 3.62. The number of hydrogen-bond donors (Lipinski definition) is 2. The second-order valence-electron chi connectivity index (χ2n) is 5.21. The minimum Gasteiger partial charge on any atom is -0.387 e. The zero-order chi connectivity index (χ0) is 13.1. The van der Waals surface area contributed by atoms with Gasteiger partial charge in [-0.25, -0.2) is 0 Å². The minimum absolute atomic E-state index is 0.426. The molecule has 0 fully saturated rings. The normalized spacial score (nSPS) is 16.3. The molecule has 0 aliphatic heterocycles. The molecule has 0 saturated carbocycles. The van der Waals surface area contributed by atoms with Gasteiger partial charge in [-0.1, -0.05) is 54.6 Å². The first-order valence-electron chi connectivity index (χ1n) is 6.86. The number of aliphatic hydroxyl groups excluding tert-OH is 1. The van der Waals surface area contributed by atoms with Crippen molar-refractivity contribution in [2.45, 2.75) is 25.0 Å². The average Bonchev–Trinajstić information content (AvgIpc) is 2.88. The molecule has 2 heteroatoms. The monoisotopic (exact) mass is 253 g/mol. The average molecular weight is 253 g/mol. The van der Waals surface area contributed by atoms with Crippen molar-refractivity contribution in [1.29, 1.82) is 0 Å². The van der Waals surface area contributed by atoms with E-state index in [4.69, 9.17) is 0 Å². The van der Waals surface area contributed by atoms with Gasteiger partial charge >= 0.3 is 0 Å². The maximum absolute atomic E-state index is 10.1. The van der Waals surface area contributed by atoms with Crippen LogP contribution in [0.1, 0.15) is 22.8 Å². The molecule has 0 bridgehead atoms. The summed E-state index contributed by atoms with van der Waals surface area (Å²) in [5.74, 6) is 0. The van der Waals surface area contributed by atoms with Crippen LogP contribution in [0.5, 0.6) is 0 Å². The highest BCUT2D eigenvalue weighted by atomic mass is 16.3. The molecule has 0 spiro atoms. The number of nitrogens with one attached hydrogen (secondary N) is 1. The van der Waals surface area contributed by atoms with E-state index in [1.54, 1.807) is 0 Å². The van der Waals surface area contributed by atoms with Gasteiger partial charge in [0.1, 0.15) is 0 Å². The molecule has 0 radical (unpaired) electrons. The summed E-state index contributed by atoms with van der Waals surface area (Å²) in [7, 11) is 0. The SMILES string of the molecule is O[C@H](CNC1Cc2ccccc2C1)c1ccccc1. The molecule has 19 heavy (non-hydrogen) atoms. The minimum atomic E-state index is -0.426. The first-order valence-corrected chi connectivity index (χ1v) is 6.86. The van der Waals surface area contributed by atoms with E-state index in [2.05, 4.69) is 29.6 Å². The Morgan fingerprint density at radius 2 is 1.53 bits per heavy atom. The zero-order valence-corrected chi connectivity index (χ0v) is 10.9. The number of aliphatic hydroxyl groups is 1. The zero-order valence-electron chi connectivity index (χ0n) is 10.9. The van der Waals surface area contributed by atoms with Crippen LogP contribution in [0.25, 0.3) is 0 Å². The highest BCUT2D eigenvalue weighted by Crippen LogP contribution is 2.22. The quantitative estimate of drug-likeness (QED) is 0.877. The maximum Gasteiger partial charge on any atom is 0.0914 e. The molecule has 3 rings (SSSR count). The van der Waals surface area contributed by atoms with Crippen molar-refractivity contribution in [3.8, 4) is 0 Å². The number of hydrogen-bond acceptors (Lipinski definition) is 2. The number of benzene rings is 2. The third-order valence-electron chi connectivity index (χ3n) is 3.84. The largest absolute Gasteiger partial charge is 0.387 e. The molecule has 2 aromatic rings. The van der Waals surface area contributed by atoms with Crippen LogP contribution in [0.15, 0.2) is 54.6 Å². The Labute approximate surface area is 114 Å². The molecule has 98 valence electrons. The molecule has 0 aromatic heterocycles. The van der Waals surface area contributed by atoms with E-state index in [0.717, 1.165) is 18.4 Å². The van der Waals surface area contributed by atoms with E-state index in [0.29, 0.717) is 12.6 Å². The molecule has 2 nitrogen and oxygen atoms in total. The Bertz CT molecular complexity index is 513. The fraction of sp³-hybridized carbons (Fsp3) is 0.294. The Morgan fingerprint density at radius 3 is 2.16 bits per heavy atom. The van der Waals surface area contributed by atoms with Crippen LogP contribution in [0.3, 0.4) is 0 Å². The molecule has 0 heterocycles. The predicted molar refractivity (Wildman–Crippen MR) is 77.0 cm³/mol. The van der Waals surface area contributed by atoms with Crippen molar-refractivity contribution in [2.24, 2.45) is 0 Å². The van der Waals surface area contributed by atoms with E-state index in [-0.39, 0.29) is 0 Å². The molecule has 1 aliphatic carbocycles. The summed E-state index contributed by atoms with van der Waals surface area (Å²) in [5.41, 5.74) is 3.86. The van der Waals surface area contributed by atoms with Gasteiger partial charge in [-0.3, -0.25) is 0 Å². The van der Waals surface area contributed by atoms with Gasteiger partial charge in [0.15, 0.2) is 0 Å². The third-order valence-corrected chi connectivity index (χ3v) is 3.84. The Hall–Kier alpha value is -1.64. The van der Waals surface area contributed by atoms with Crippen molar-refractivity contribution < 1.29 is 5.11 Å². The summed E-state index contributed by atoms with van der Waals surface area (Å²) in [5, 5.41) is 13.6. The van der Waals surface area contributed by atoms with Crippen molar-refractivity contribution in [1.82, 2.24) is 5.32 Å². The Morgan fingerprint density at radius 1 is 0.947 bits per heavy atom. The van der Waals surface area contributed by atoms with Crippen molar-refractivity contribution in [2.75, 3.05) is 6.54 Å². The second-order valence-corrected chi connectivity index (χ2v) is 5.21. The molecule has 0 unspecified atom stereocenters. The molecule has 0 saturated heterocycles. The summed E-state index contributed by atoms with van der Waals surface area (Å²) >= 11 is 0. The lowest BCUT2D eigenvalue weighted by Gasteiger charge is -2.16. The maximum atomic E-state index is 10.1. The van der Waals surface area contributed by atoms with Crippen LogP contribution in [-0.2, 0) is 12.8 Å². The van der Waals surface area contributed by atoms with Gasteiger partial charge < -0.3 is 10.4 Å². The molecule has 2 aromatic carbocycles. The molecule has 0 amide bonds. The summed E-state index contributed by atoms with van der Waals surface area (Å²) in [6.45, 7) is 0.614. The van der Waals surface area contributed by atoms with Crippen LogP contribution in [0, 0.1) is 0 Å². The smallest absolute Gasteiger partial charge is 0.0914 e. The van der Waals surface area contributed by atoms with Crippen LogP contribution in [-0.4, -0.2) is 17.7 Å². The summed E-state index contributed by atoms with van der Waals surface area (Å²) in [6.07, 6.45) is 1.71. The van der Waals surface area contributed by atoms with E-state index in [9.17, 15) is 5.11 Å². The molecule has 2 N–H and O–H groups in total. The highest BCUT2D eigenvalue weighted by molar-refractivity contribution is 5.33. The first kappa shape index (κ1) is 12.4. The van der Waals surface area contributed by atoms with Gasteiger partial charge in [0.05, 0.1) is 6.10 Å². The lowest BCUT2D eigenvalue weighted by Crippen LogP contribution is -2.33. The fourth-order valence-electron chi connectivity index (χ4n) is 2.77. The summed E-state index contributed by atoms with van der Waals surface area (Å²) < 4.78 is 0. The van der Waals surface area contributed by atoms with Crippen LogP contribution in [0.2, 0.25) is 0 Å². The third kappa shape index (κ3) is 2.86. The van der Waals surface area contributed by atoms with Crippen LogP contribution < -0.4 is 5.32 Å². The predicted octanol–water partition coefficient (Wildman–Crippen LogP) is 2.48. The van der Waals surface area contributed by atoms with Gasteiger partial charge in [0, 0.05) is 12.6 Å². The Balaban J connectivity index is 1.55. The lowest BCUT2D eigenvalue weighted by atomic mass is 10.1. The van der Waals surface area contributed by atoms with Crippen molar-refractivity contribution in [3.05, 3.63) is 71.3 Å². The standard InChI is InChI=1S/C17H19NO/c19-17(13-6-2-1-3-7-13)12-18-16-10-14-8-4-5-9-15(14)11-16/h1-9,16-19H,10-12H2/t17-/m1/s1. The van der Waals surface area contributed by atoms with E-state index >= 15 is 0 Å². The molecular weight excluding hydrogens is 234 g/mol. The van der Waals surface area contributed by atoms with Crippen molar-refractivity contribution >= 4 is 0 Å². The highest BCUT2D eigenvalue weighted by Gasteiger charge is 2.21. The second kappa shape index (κ2) is 5.55. The number of fused-ring (bicyclic) bond motifs is 1. The fourth-order valence-corrected chi connectivity index (χ4v) is 2.77. The molecule has 1 atom stereocenters. The van der Waals surface area contributed by atoms with Gasteiger partial charge in [-0.2, -0.15) is 0 Å². The van der Waals surface area contributed by atoms with Crippen LogP contribution in [0.4, 0.5) is 0 Å². The lowest BCUT2D eigenvalue weighted by molar-refractivity contribution is 0.170. The number of rotatable bonds is 4. The van der Waals surface area contributed by atoms with Gasteiger partial charge in [-0.05, 0) is 29.5 Å². The van der Waals surface area contributed by atoms with Gasteiger partial charge in [-0.15, -0.1) is 0 Å². The van der Waals surface area contributed by atoms with Crippen molar-refractivity contribution in [3.63, 3.8) is 0 Å². The van der Waals surface area contributed by atoms with Gasteiger partial charge in [0.25, 0.3) is 0 Å².